The van der Waals surface area contributed by atoms with Crippen LogP contribution in [0.15, 0.2) is 29.2 Å². The van der Waals surface area contributed by atoms with Crippen LogP contribution in [0.25, 0.3) is 0 Å². The van der Waals surface area contributed by atoms with E-state index in [0.29, 0.717) is 0 Å². The van der Waals surface area contributed by atoms with Crippen molar-refractivity contribution in [2.45, 2.75) is 4.90 Å². The number of hydrogen-bond donors (Lipinski definition) is 0. The van der Waals surface area contributed by atoms with Crippen molar-refractivity contribution in [1.82, 2.24) is 0 Å². The summed E-state index contributed by atoms with van der Waals surface area (Å²) in [5.41, 5.74) is -0.289. The molecule has 14 heavy (non-hydrogen) atoms. The third-order valence-corrected chi connectivity index (χ3v) is 2.81. The van der Waals surface area contributed by atoms with Gasteiger partial charge in [-0.05, 0) is 6.07 Å². The molecule has 0 aliphatic rings. The van der Waals surface area contributed by atoms with Gasteiger partial charge in [0.25, 0.3) is 15.8 Å². The molecule has 0 amide bonds. The zero-order chi connectivity index (χ0) is 10.8. The molecule has 7 heteroatoms. The monoisotopic (exact) mass is 217 g/mol. The summed E-state index contributed by atoms with van der Waals surface area (Å²) in [7, 11) is -2.86. The maximum Gasteiger partial charge on any atom is 0.296 e. The van der Waals surface area contributed by atoms with Gasteiger partial charge in [0.15, 0.2) is 0 Å². The molecule has 0 fully saturated rings. The van der Waals surface area contributed by atoms with Crippen molar-refractivity contribution in [3.63, 3.8) is 0 Å². The Morgan fingerprint density at radius 1 is 1.43 bits per heavy atom. The zero-order valence-corrected chi connectivity index (χ0v) is 8.02. The predicted molar refractivity (Wildman–Crippen MR) is 47.3 cm³/mol. The summed E-state index contributed by atoms with van der Waals surface area (Å²) in [6.07, 6.45) is 0. The summed E-state index contributed by atoms with van der Waals surface area (Å²) < 4.78 is 26.5. The van der Waals surface area contributed by atoms with E-state index in [2.05, 4.69) is 4.18 Å². The molecule has 0 heterocycles. The minimum absolute atomic E-state index is 0.228. The molecule has 0 atom stereocenters. The third-order valence-electron chi connectivity index (χ3n) is 1.54. The van der Waals surface area contributed by atoms with Crippen LogP contribution in [0.3, 0.4) is 0 Å². The van der Waals surface area contributed by atoms with E-state index in [0.717, 1.165) is 13.2 Å². The maximum atomic E-state index is 11.1. The van der Waals surface area contributed by atoms with Crippen LogP contribution in [-0.4, -0.2) is 20.5 Å². The molecule has 0 saturated carbocycles. The molecule has 0 N–H and O–H groups in total. The number of non-ortho nitro benzene ring substituents is 1. The second kappa shape index (κ2) is 3.72. The molecule has 0 bridgehead atoms. The number of nitrogens with zero attached hydrogens (tertiary/aromatic N) is 1. The molecule has 6 nitrogen and oxygen atoms in total. The highest BCUT2D eigenvalue weighted by atomic mass is 32.2. The quantitative estimate of drug-likeness (QED) is 0.427. The smallest absolute Gasteiger partial charge is 0.270 e. The van der Waals surface area contributed by atoms with Gasteiger partial charge in [0.05, 0.1) is 12.0 Å². The second-order valence-electron chi connectivity index (χ2n) is 2.38. The first-order valence-electron chi connectivity index (χ1n) is 3.52. The fraction of sp³-hybridized carbons (Fsp3) is 0.143. The van der Waals surface area contributed by atoms with Crippen molar-refractivity contribution < 1.29 is 17.5 Å². The van der Waals surface area contributed by atoms with Crippen LogP contribution in [0.2, 0.25) is 0 Å². The number of nitro groups is 1. The fourth-order valence-corrected chi connectivity index (χ4v) is 1.55. The van der Waals surface area contributed by atoms with E-state index in [4.69, 9.17) is 0 Å². The molecule has 0 aromatic heterocycles. The van der Waals surface area contributed by atoms with Gasteiger partial charge in [0.2, 0.25) is 0 Å². The molecule has 0 unspecified atom stereocenters. The molecule has 1 aromatic carbocycles. The molecule has 76 valence electrons. The summed E-state index contributed by atoms with van der Waals surface area (Å²) in [6, 6.07) is 4.66. The van der Waals surface area contributed by atoms with Crippen LogP contribution >= 0.6 is 0 Å². The average Bonchev–Trinajstić information content (AvgIpc) is 2.18. The van der Waals surface area contributed by atoms with Crippen molar-refractivity contribution in [3.05, 3.63) is 34.4 Å². The Balaban J connectivity index is 3.26. The highest BCUT2D eigenvalue weighted by Crippen LogP contribution is 2.18. The Labute approximate surface area is 80.4 Å². The van der Waals surface area contributed by atoms with E-state index < -0.39 is 15.0 Å². The average molecular weight is 217 g/mol. The van der Waals surface area contributed by atoms with Crippen molar-refractivity contribution in [3.8, 4) is 0 Å². The van der Waals surface area contributed by atoms with Gasteiger partial charge in [0, 0.05) is 12.1 Å². The van der Waals surface area contributed by atoms with Crippen LogP contribution in [0, 0.1) is 10.1 Å². The molecule has 1 aromatic rings. The lowest BCUT2D eigenvalue weighted by atomic mass is 10.3. The summed E-state index contributed by atoms with van der Waals surface area (Å²) >= 11 is 0. The first kappa shape index (κ1) is 10.6. The van der Waals surface area contributed by atoms with Gasteiger partial charge < -0.3 is 0 Å². The van der Waals surface area contributed by atoms with E-state index >= 15 is 0 Å². The van der Waals surface area contributed by atoms with Gasteiger partial charge in [-0.25, -0.2) is 0 Å². The van der Waals surface area contributed by atoms with Gasteiger partial charge in [0.1, 0.15) is 4.90 Å². The van der Waals surface area contributed by atoms with Crippen LogP contribution in [0.1, 0.15) is 0 Å². The highest BCUT2D eigenvalue weighted by molar-refractivity contribution is 7.86. The number of nitro benzene ring substituents is 1. The number of hydrogen-bond acceptors (Lipinski definition) is 5. The molecular weight excluding hydrogens is 210 g/mol. The zero-order valence-electron chi connectivity index (χ0n) is 7.21. The van der Waals surface area contributed by atoms with Crippen LogP contribution in [0.4, 0.5) is 5.69 Å². The van der Waals surface area contributed by atoms with Crippen LogP contribution in [-0.2, 0) is 14.3 Å². The lowest BCUT2D eigenvalue weighted by molar-refractivity contribution is -0.385. The highest BCUT2D eigenvalue weighted by Gasteiger charge is 2.16. The van der Waals surface area contributed by atoms with Crippen LogP contribution in [0.5, 0.6) is 0 Å². The largest absolute Gasteiger partial charge is 0.296 e. The first-order chi connectivity index (χ1) is 6.47. The van der Waals surface area contributed by atoms with E-state index in [1.807, 2.05) is 0 Å². The molecule has 0 aliphatic heterocycles. The minimum Gasteiger partial charge on any atom is -0.270 e. The standard InChI is InChI=1S/C7H7NO5S/c1-13-14(11,12)7-4-2-3-6(5-7)8(9)10/h2-5H,1H3. The molecule has 0 spiro atoms. The molecular formula is C7H7NO5S. The molecule has 0 radical (unpaired) electrons. The maximum absolute atomic E-state index is 11.1. The summed E-state index contributed by atoms with van der Waals surface area (Å²) in [5.74, 6) is 0. The van der Waals surface area contributed by atoms with Gasteiger partial charge >= 0.3 is 0 Å². The molecule has 0 saturated heterocycles. The minimum atomic E-state index is -3.86. The Morgan fingerprint density at radius 2 is 2.07 bits per heavy atom. The SMILES string of the molecule is COS(=O)(=O)c1cccc([N+](=O)[O-])c1. The van der Waals surface area contributed by atoms with E-state index in [-0.39, 0.29) is 10.6 Å². The van der Waals surface area contributed by atoms with Gasteiger partial charge in [-0.3, -0.25) is 14.3 Å². The lowest BCUT2D eigenvalue weighted by Gasteiger charge is -1.99. The first-order valence-corrected chi connectivity index (χ1v) is 4.93. The number of rotatable bonds is 3. The second-order valence-corrected chi connectivity index (χ2v) is 4.09. The van der Waals surface area contributed by atoms with Crippen molar-refractivity contribution in [2.24, 2.45) is 0 Å². The van der Waals surface area contributed by atoms with Crippen LogP contribution < -0.4 is 0 Å². The van der Waals surface area contributed by atoms with E-state index in [1.165, 1.54) is 18.2 Å². The van der Waals surface area contributed by atoms with Crippen molar-refractivity contribution >= 4 is 15.8 Å². The number of benzene rings is 1. The summed E-state index contributed by atoms with van der Waals surface area (Å²) in [4.78, 5) is 9.44. The van der Waals surface area contributed by atoms with Crippen molar-refractivity contribution in [2.75, 3.05) is 7.11 Å². The Kier molecular flexibility index (Phi) is 2.82. The van der Waals surface area contributed by atoms with E-state index in [1.54, 1.807) is 0 Å². The lowest BCUT2D eigenvalue weighted by Crippen LogP contribution is -2.03. The van der Waals surface area contributed by atoms with Gasteiger partial charge in [-0.15, -0.1) is 0 Å². The van der Waals surface area contributed by atoms with Gasteiger partial charge in [-0.2, -0.15) is 8.42 Å². The Morgan fingerprint density at radius 3 is 2.57 bits per heavy atom. The Bertz CT molecular complexity index is 453. The van der Waals surface area contributed by atoms with Gasteiger partial charge in [-0.1, -0.05) is 6.07 Å². The van der Waals surface area contributed by atoms with E-state index in [9.17, 15) is 18.5 Å². The molecule has 0 aliphatic carbocycles. The Hall–Kier alpha value is -1.47. The summed E-state index contributed by atoms with van der Waals surface area (Å²) in [6.45, 7) is 0. The fourth-order valence-electron chi connectivity index (χ4n) is 0.849. The topological polar surface area (TPSA) is 86.5 Å². The normalized spacial score (nSPS) is 11.2. The van der Waals surface area contributed by atoms with Crippen molar-refractivity contribution in [1.29, 1.82) is 0 Å². The third kappa shape index (κ3) is 2.06. The predicted octanol–water partition coefficient (Wildman–Crippen LogP) is 0.930. The molecule has 1 rings (SSSR count). The summed E-state index contributed by atoms with van der Waals surface area (Å²) in [5, 5.41) is 10.3.